The lowest BCUT2D eigenvalue weighted by Crippen LogP contribution is -2.33. The number of carbonyl (C=O) groups excluding carboxylic acids is 1. The van der Waals surface area contributed by atoms with Gasteiger partial charge >= 0.3 is 5.97 Å². The summed E-state index contributed by atoms with van der Waals surface area (Å²) in [5.74, 6) is 2.09. The minimum atomic E-state index is -0.413. The van der Waals surface area contributed by atoms with E-state index in [1.54, 1.807) is 12.1 Å². The minimum absolute atomic E-state index is 0.0249. The summed E-state index contributed by atoms with van der Waals surface area (Å²) in [6.07, 6.45) is 0.306. The third kappa shape index (κ3) is 3.19. The predicted octanol–water partition coefficient (Wildman–Crippen LogP) is 5.38. The molecular weight excluding hydrogens is 448 g/mol. The van der Waals surface area contributed by atoms with E-state index < -0.39 is 6.23 Å². The minimum Gasteiger partial charge on any atom is -0.465 e. The van der Waals surface area contributed by atoms with Crippen LogP contribution in [0.4, 0.5) is 0 Å². The Morgan fingerprint density at radius 3 is 2.67 bits per heavy atom. The van der Waals surface area contributed by atoms with Crippen molar-refractivity contribution in [2.75, 3.05) is 7.11 Å². The molecule has 2 atom stereocenters. The molecule has 1 aromatic heterocycles. The molecule has 2 aliphatic rings. The van der Waals surface area contributed by atoms with Crippen LogP contribution in [-0.2, 0) is 4.74 Å². The summed E-state index contributed by atoms with van der Waals surface area (Å²) in [4.78, 5) is 11.8. The van der Waals surface area contributed by atoms with E-state index in [9.17, 15) is 4.79 Å². The molecule has 3 aromatic rings. The van der Waals surface area contributed by atoms with Crippen molar-refractivity contribution in [1.82, 2.24) is 5.01 Å². The largest absolute Gasteiger partial charge is 0.465 e. The number of benzene rings is 2. The summed E-state index contributed by atoms with van der Waals surface area (Å²) >= 11 is 3.57. The quantitative estimate of drug-likeness (QED) is 0.484. The Hall–Kier alpha value is -3.06. The molecule has 0 N–H and O–H groups in total. The Morgan fingerprint density at radius 1 is 1.17 bits per heavy atom. The molecule has 0 fully saturated rings. The zero-order valence-electron chi connectivity index (χ0n) is 16.5. The molecule has 0 bridgehead atoms. The summed E-state index contributed by atoms with van der Waals surface area (Å²) in [5.41, 5.74) is 3.37. The number of halogens is 1. The lowest BCUT2D eigenvalue weighted by molar-refractivity contribution is -0.0191. The Balaban J connectivity index is 1.56. The fourth-order valence-corrected chi connectivity index (χ4v) is 4.30. The fraction of sp³-hybridized carbons (Fsp3) is 0.217. The Kier molecular flexibility index (Phi) is 4.62. The molecule has 152 valence electrons. The van der Waals surface area contributed by atoms with Crippen molar-refractivity contribution >= 4 is 27.6 Å². The molecule has 0 radical (unpaired) electrons. The molecule has 0 aliphatic carbocycles. The van der Waals surface area contributed by atoms with E-state index in [1.165, 1.54) is 7.11 Å². The molecule has 30 heavy (non-hydrogen) atoms. The Bertz CT molecular complexity index is 1150. The first-order valence-corrected chi connectivity index (χ1v) is 10.4. The van der Waals surface area contributed by atoms with E-state index in [4.69, 9.17) is 19.0 Å². The molecule has 7 heteroatoms. The highest BCUT2D eigenvalue weighted by Gasteiger charge is 2.41. The van der Waals surface area contributed by atoms with E-state index in [1.807, 2.05) is 48.3 Å². The smallest absolute Gasteiger partial charge is 0.337 e. The molecule has 2 aliphatic heterocycles. The molecule has 0 saturated heterocycles. The topological polar surface area (TPSA) is 64.3 Å². The van der Waals surface area contributed by atoms with Crippen LogP contribution < -0.4 is 4.74 Å². The summed E-state index contributed by atoms with van der Waals surface area (Å²) in [7, 11) is 1.37. The monoisotopic (exact) mass is 466 g/mol. The maximum Gasteiger partial charge on any atom is 0.337 e. The first-order chi connectivity index (χ1) is 14.5. The number of ether oxygens (including phenoxy) is 2. The molecule has 0 spiro atoms. The molecule has 5 rings (SSSR count). The van der Waals surface area contributed by atoms with E-state index in [0.717, 1.165) is 45.0 Å². The van der Waals surface area contributed by atoms with Crippen molar-refractivity contribution in [3.05, 3.63) is 87.3 Å². The highest BCUT2D eigenvalue weighted by molar-refractivity contribution is 9.10. The second-order valence-electron chi connectivity index (χ2n) is 7.32. The van der Waals surface area contributed by atoms with Gasteiger partial charge in [-0.05, 0) is 49.4 Å². The molecule has 0 saturated carbocycles. The van der Waals surface area contributed by atoms with Gasteiger partial charge in [0, 0.05) is 22.0 Å². The number of methoxy groups -OCH3 is 1. The maximum atomic E-state index is 11.8. The lowest BCUT2D eigenvalue weighted by Gasteiger charge is -2.38. The van der Waals surface area contributed by atoms with Crippen molar-refractivity contribution in [1.29, 1.82) is 0 Å². The molecule has 0 unspecified atom stereocenters. The number of hydrogen-bond donors (Lipinski definition) is 0. The van der Waals surface area contributed by atoms with Gasteiger partial charge in [-0.15, -0.1) is 0 Å². The third-order valence-corrected chi connectivity index (χ3v) is 5.89. The standard InChI is InChI=1S/C23H19BrN2O4/c1-13-3-9-21(29-13)18-12-19-17-11-16(24)8-10-20(17)30-22(26(19)25-18)14-4-6-15(7-5-14)23(27)28-2/h3-11,19,22H,12H2,1-2H3/t19-,22+/m1/s1. The summed E-state index contributed by atoms with van der Waals surface area (Å²) in [5, 5.41) is 6.86. The van der Waals surface area contributed by atoms with E-state index >= 15 is 0 Å². The maximum absolute atomic E-state index is 11.8. The van der Waals surface area contributed by atoms with Crippen LogP contribution in [0.15, 0.2) is 68.6 Å². The Labute approximate surface area is 182 Å². The van der Waals surface area contributed by atoms with Crippen molar-refractivity contribution in [2.45, 2.75) is 25.6 Å². The van der Waals surface area contributed by atoms with Crippen molar-refractivity contribution in [2.24, 2.45) is 5.10 Å². The molecule has 0 amide bonds. The van der Waals surface area contributed by atoms with Crippen molar-refractivity contribution < 1.29 is 18.7 Å². The van der Waals surface area contributed by atoms with Crippen LogP contribution >= 0.6 is 15.9 Å². The van der Waals surface area contributed by atoms with E-state index in [-0.39, 0.29) is 12.0 Å². The molecular formula is C23H19BrN2O4. The number of rotatable bonds is 3. The molecule has 3 heterocycles. The number of hydrogen-bond acceptors (Lipinski definition) is 6. The predicted molar refractivity (Wildman–Crippen MR) is 114 cm³/mol. The van der Waals surface area contributed by atoms with Crippen LogP contribution in [0.3, 0.4) is 0 Å². The van der Waals surface area contributed by atoms with Gasteiger partial charge in [0.25, 0.3) is 0 Å². The van der Waals surface area contributed by atoms with Gasteiger partial charge in [0.2, 0.25) is 6.23 Å². The van der Waals surface area contributed by atoms with Crippen molar-refractivity contribution in [3.8, 4) is 5.75 Å². The van der Waals surface area contributed by atoms with E-state index in [0.29, 0.717) is 5.56 Å². The van der Waals surface area contributed by atoms with Gasteiger partial charge < -0.3 is 13.9 Å². The number of nitrogens with zero attached hydrogens (tertiary/aromatic N) is 2. The Morgan fingerprint density at radius 2 is 1.97 bits per heavy atom. The summed E-state index contributed by atoms with van der Waals surface area (Å²) in [6.45, 7) is 1.92. The van der Waals surface area contributed by atoms with Crippen LogP contribution in [0.2, 0.25) is 0 Å². The second kappa shape index (κ2) is 7.32. The normalized spacial score (nSPS) is 19.6. The van der Waals surface area contributed by atoms with Crippen LogP contribution in [-0.4, -0.2) is 23.8 Å². The van der Waals surface area contributed by atoms with Gasteiger partial charge in [-0.1, -0.05) is 28.1 Å². The average molecular weight is 467 g/mol. The van der Waals surface area contributed by atoms with Crippen molar-refractivity contribution in [3.63, 3.8) is 0 Å². The highest BCUT2D eigenvalue weighted by Crippen LogP contribution is 2.48. The fourth-order valence-electron chi connectivity index (χ4n) is 3.92. The van der Waals surface area contributed by atoms with Gasteiger partial charge in [0.05, 0.1) is 18.7 Å². The van der Waals surface area contributed by atoms with Gasteiger partial charge in [-0.3, -0.25) is 0 Å². The average Bonchev–Trinajstić information content (AvgIpc) is 3.39. The number of esters is 1. The van der Waals surface area contributed by atoms with Gasteiger partial charge in [-0.2, -0.15) is 5.10 Å². The molecule has 2 aromatic carbocycles. The third-order valence-electron chi connectivity index (χ3n) is 5.39. The van der Waals surface area contributed by atoms with Crippen LogP contribution in [0.5, 0.6) is 5.75 Å². The summed E-state index contributed by atoms with van der Waals surface area (Å²) in [6, 6.07) is 17.2. The van der Waals surface area contributed by atoms with Crippen LogP contribution in [0, 0.1) is 6.92 Å². The number of carbonyl (C=O) groups is 1. The lowest BCUT2D eigenvalue weighted by atomic mass is 9.97. The number of fused-ring (bicyclic) bond motifs is 3. The molecule has 6 nitrogen and oxygen atoms in total. The number of aryl methyl sites for hydroxylation is 1. The zero-order chi connectivity index (χ0) is 20.8. The highest BCUT2D eigenvalue weighted by atomic mass is 79.9. The van der Waals surface area contributed by atoms with Gasteiger partial charge in [0.1, 0.15) is 23.0 Å². The van der Waals surface area contributed by atoms with Gasteiger partial charge in [0.15, 0.2) is 0 Å². The van der Waals surface area contributed by atoms with E-state index in [2.05, 4.69) is 22.0 Å². The first-order valence-electron chi connectivity index (χ1n) is 9.60. The van der Waals surface area contributed by atoms with Crippen LogP contribution in [0.1, 0.15) is 51.7 Å². The van der Waals surface area contributed by atoms with Gasteiger partial charge in [-0.25, -0.2) is 9.80 Å². The SMILES string of the molecule is COC(=O)c1ccc([C@@H]2Oc3ccc(Br)cc3[C@H]3CC(c4ccc(C)o4)=NN32)cc1. The summed E-state index contributed by atoms with van der Waals surface area (Å²) < 4.78 is 18.0. The second-order valence-corrected chi connectivity index (χ2v) is 8.24. The zero-order valence-corrected chi connectivity index (χ0v) is 18.0. The van der Waals surface area contributed by atoms with Crippen LogP contribution in [0.25, 0.3) is 0 Å². The number of hydrazone groups is 1. The number of furan rings is 1. The first kappa shape index (κ1) is 18.9.